The molecule has 0 saturated carbocycles. The van der Waals surface area contributed by atoms with Gasteiger partial charge in [0.2, 0.25) is 5.91 Å². The second-order valence-corrected chi connectivity index (χ2v) is 6.68. The van der Waals surface area contributed by atoms with E-state index in [1.54, 1.807) is 6.07 Å². The zero-order valence-electron chi connectivity index (χ0n) is 14.8. The molecule has 2 amide bonds. The molecule has 130 valence electrons. The van der Waals surface area contributed by atoms with Crippen LogP contribution in [0.1, 0.15) is 45.5 Å². The summed E-state index contributed by atoms with van der Waals surface area (Å²) in [6, 6.07) is 11.6. The smallest absolute Gasteiger partial charge is 0.251 e. The van der Waals surface area contributed by atoms with Gasteiger partial charge in [0.1, 0.15) is 0 Å². The Hall–Kier alpha value is -2.62. The van der Waals surface area contributed by atoms with Crippen LogP contribution in [0.3, 0.4) is 0 Å². The van der Waals surface area contributed by atoms with Crippen LogP contribution in [0.25, 0.3) is 0 Å². The number of benzene rings is 2. The highest BCUT2D eigenvalue weighted by Crippen LogP contribution is 2.27. The van der Waals surface area contributed by atoms with Gasteiger partial charge < -0.3 is 10.6 Å². The number of nitrogens with one attached hydrogen (secondary N) is 2. The lowest BCUT2D eigenvalue weighted by molar-refractivity contribution is -0.115. The quantitative estimate of drug-likeness (QED) is 0.897. The Bertz CT molecular complexity index is 812. The van der Waals surface area contributed by atoms with Crippen molar-refractivity contribution >= 4 is 17.5 Å². The molecule has 0 atom stereocenters. The Balaban J connectivity index is 1.60. The summed E-state index contributed by atoms with van der Waals surface area (Å²) in [6.07, 6.45) is 4.43. The highest BCUT2D eigenvalue weighted by Gasteiger charge is 2.15. The van der Waals surface area contributed by atoms with Crippen molar-refractivity contribution in [3.05, 3.63) is 64.2 Å². The van der Waals surface area contributed by atoms with Crippen molar-refractivity contribution in [2.45, 2.75) is 39.5 Å². The van der Waals surface area contributed by atoms with Crippen LogP contribution >= 0.6 is 0 Å². The monoisotopic (exact) mass is 336 g/mol. The normalized spacial score (nSPS) is 13.0. The molecular formula is C21H24N2O2. The second kappa shape index (κ2) is 7.51. The Kier molecular flexibility index (Phi) is 5.17. The first-order valence-electron chi connectivity index (χ1n) is 8.80. The summed E-state index contributed by atoms with van der Waals surface area (Å²) < 4.78 is 0. The van der Waals surface area contributed by atoms with Crippen LogP contribution in [0.15, 0.2) is 36.4 Å². The van der Waals surface area contributed by atoms with E-state index in [1.165, 1.54) is 17.5 Å². The number of fused-ring (bicyclic) bond motifs is 1. The summed E-state index contributed by atoms with van der Waals surface area (Å²) in [5, 5.41) is 5.64. The molecule has 0 aromatic heterocycles. The van der Waals surface area contributed by atoms with Crippen molar-refractivity contribution in [1.82, 2.24) is 5.32 Å². The van der Waals surface area contributed by atoms with Gasteiger partial charge >= 0.3 is 0 Å². The molecule has 0 saturated heterocycles. The van der Waals surface area contributed by atoms with E-state index in [9.17, 15) is 9.59 Å². The van der Waals surface area contributed by atoms with Crippen LogP contribution < -0.4 is 10.6 Å². The van der Waals surface area contributed by atoms with Crippen LogP contribution in [-0.2, 0) is 17.6 Å². The van der Waals surface area contributed by atoms with Crippen molar-refractivity contribution in [1.29, 1.82) is 0 Å². The fourth-order valence-electron chi connectivity index (χ4n) is 3.24. The highest BCUT2D eigenvalue weighted by atomic mass is 16.2. The van der Waals surface area contributed by atoms with E-state index in [-0.39, 0.29) is 18.4 Å². The number of carbonyl (C=O) groups is 2. The molecule has 2 aromatic rings. The first-order chi connectivity index (χ1) is 12.0. The minimum atomic E-state index is -0.228. The number of carbonyl (C=O) groups excluding carboxylic acids is 2. The summed E-state index contributed by atoms with van der Waals surface area (Å²) in [4.78, 5) is 24.4. The summed E-state index contributed by atoms with van der Waals surface area (Å²) in [7, 11) is 0. The summed E-state index contributed by atoms with van der Waals surface area (Å²) >= 11 is 0. The Morgan fingerprint density at radius 2 is 1.80 bits per heavy atom. The number of amides is 2. The highest BCUT2D eigenvalue weighted by molar-refractivity contribution is 5.99. The van der Waals surface area contributed by atoms with Gasteiger partial charge in [-0.1, -0.05) is 18.2 Å². The molecule has 0 fully saturated rings. The molecule has 25 heavy (non-hydrogen) atoms. The fourth-order valence-corrected chi connectivity index (χ4v) is 3.24. The van der Waals surface area contributed by atoms with Gasteiger partial charge in [0.05, 0.1) is 6.54 Å². The molecule has 0 radical (unpaired) electrons. The minimum absolute atomic E-state index is 0.0323. The third-order valence-electron chi connectivity index (χ3n) is 4.85. The Morgan fingerprint density at radius 1 is 1.00 bits per heavy atom. The average molecular weight is 336 g/mol. The molecule has 0 heterocycles. The van der Waals surface area contributed by atoms with Crippen molar-refractivity contribution in [2.24, 2.45) is 0 Å². The molecule has 0 unspecified atom stereocenters. The van der Waals surface area contributed by atoms with Crippen molar-refractivity contribution in [2.75, 3.05) is 11.9 Å². The van der Waals surface area contributed by atoms with E-state index in [1.807, 2.05) is 38.1 Å². The maximum absolute atomic E-state index is 12.2. The maximum Gasteiger partial charge on any atom is 0.251 e. The standard InChI is InChI=1S/C21H24N2O2/c1-14-10-11-17(12-15(14)2)21(25)22-13-20(24)23-19-9-5-7-16-6-3-4-8-18(16)19/h5,7,9-12H,3-4,6,8,13H2,1-2H3,(H,22,25)(H,23,24). The van der Waals surface area contributed by atoms with Crippen molar-refractivity contribution in [3.63, 3.8) is 0 Å². The third kappa shape index (κ3) is 4.08. The maximum atomic E-state index is 12.2. The van der Waals surface area contributed by atoms with Gasteiger partial charge in [-0.2, -0.15) is 0 Å². The van der Waals surface area contributed by atoms with Gasteiger partial charge in [0, 0.05) is 11.3 Å². The molecule has 1 aliphatic carbocycles. The number of hydrogen-bond donors (Lipinski definition) is 2. The second-order valence-electron chi connectivity index (χ2n) is 6.68. The molecule has 1 aliphatic rings. The molecule has 2 aromatic carbocycles. The third-order valence-corrected chi connectivity index (χ3v) is 4.85. The van der Waals surface area contributed by atoms with Gasteiger partial charge in [0.15, 0.2) is 0 Å². The van der Waals surface area contributed by atoms with Gasteiger partial charge in [0.25, 0.3) is 5.91 Å². The fraction of sp³-hybridized carbons (Fsp3) is 0.333. The van der Waals surface area contributed by atoms with E-state index < -0.39 is 0 Å². The molecular weight excluding hydrogens is 312 g/mol. The molecule has 2 N–H and O–H groups in total. The lowest BCUT2D eigenvalue weighted by Gasteiger charge is -2.19. The predicted octanol–water partition coefficient (Wildman–Crippen LogP) is 3.55. The minimum Gasteiger partial charge on any atom is -0.343 e. The Labute approximate surface area is 148 Å². The van der Waals surface area contributed by atoms with E-state index in [0.717, 1.165) is 36.1 Å². The molecule has 0 spiro atoms. The molecule has 0 aliphatic heterocycles. The van der Waals surface area contributed by atoms with E-state index in [4.69, 9.17) is 0 Å². The van der Waals surface area contributed by atoms with E-state index in [0.29, 0.717) is 5.56 Å². The van der Waals surface area contributed by atoms with Gasteiger partial charge in [-0.25, -0.2) is 0 Å². The lowest BCUT2D eigenvalue weighted by Crippen LogP contribution is -2.33. The van der Waals surface area contributed by atoms with Crippen molar-refractivity contribution < 1.29 is 9.59 Å². The summed E-state index contributed by atoms with van der Waals surface area (Å²) in [5.74, 6) is -0.426. The predicted molar refractivity (Wildman–Crippen MR) is 100.0 cm³/mol. The van der Waals surface area contributed by atoms with Crippen LogP contribution in [0.4, 0.5) is 5.69 Å². The summed E-state index contributed by atoms with van der Waals surface area (Å²) in [5.41, 5.74) is 6.22. The van der Waals surface area contributed by atoms with Crippen molar-refractivity contribution in [3.8, 4) is 0 Å². The van der Waals surface area contributed by atoms with Crippen LogP contribution in [0.5, 0.6) is 0 Å². The largest absolute Gasteiger partial charge is 0.343 e. The van der Waals surface area contributed by atoms with Gasteiger partial charge in [-0.3, -0.25) is 9.59 Å². The topological polar surface area (TPSA) is 58.2 Å². The van der Waals surface area contributed by atoms with Crippen LogP contribution in [0, 0.1) is 13.8 Å². The SMILES string of the molecule is Cc1ccc(C(=O)NCC(=O)Nc2cccc3c2CCCC3)cc1C. The summed E-state index contributed by atoms with van der Waals surface area (Å²) in [6.45, 7) is 3.94. The number of rotatable bonds is 4. The van der Waals surface area contributed by atoms with Crippen LogP contribution in [-0.4, -0.2) is 18.4 Å². The van der Waals surface area contributed by atoms with Crippen LogP contribution in [0.2, 0.25) is 0 Å². The number of aryl methyl sites for hydroxylation is 3. The van der Waals surface area contributed by atoms with Gasteiger partial charge in [-0.15, -0.1) is 0 Å². The molecule has 3 rings (SSSR count). The molecule has 4 heteroatoms. The van der Waals surface area contributed by atoms with E-state index in [2.05, 4.69) is 16.7 Å². The number of hydrogen-bond acceptors (Lipinski definition) is 2. The van der Waals surface area contributed by atoms with Gasteiger partial charge in [-0.05, 0) is 80.0 Å². The van der Waals surface area contributed by atoms with E-state index >= 15 is 0 Å². The zero-order valence-corrected chi connectivity index (χ0v) is 14.8. The average Bonchev–Trinajstić information content (AvgIpc) is 2.62. The first kappa shape index (κ1) is 17.2. The zero-order chi connectivity index (χ0) is 17.8. The first-order valence-corrected chi connectivity index (χ1v) is 8.80. The molecule has 0 bridgehead atoms. The lowest BCUT2D eigenvalue weighted by atomic mass is 9.90. The Morgan fingerprint density at radius 3 is 2.60 bits per heavy atom. The molecule has 4 nitrogen and oxygen atoms in total. The number of anilines is 1.